The van der Waals surface area contributed by atoms with Crippen LogP contribution in [0.5, 0.6) is 0 Å². The van der Waals surface area contributed by atoms with Crippen molar-refractivity contribution in [3.05, 3.63) is 29.3 Å². The lowest BCUT2D eigenvalue weighted by molar-refractivity contribution is 0.0698. The van der Waals surface area contributed by atoms with Gasteiger partial charge in [0.05, 0.1) is 11.3 Å². The van der Waals surface area contributed by atoms with Crippen LogP contribution in [0.1, 0.15) is 41.6 Å². The first-order valence-corrected chi connectivity index (χ1v) is 5.82. The third kappa shape index (κ3) is 2.59. The highest BCUT2D eigenvalue weighted by molar-refractivity contribution is 5.95. The van der Waals surface area contributed by atoms with Gasteiger partial charge in [-0.3, -0.25) is 0 Å². The van der Waals surface area contributed by atoms with Crippen LogP contribution in [0.3, 0.4) is 0 Å². The fraction of sp³-hybridized carbons (Fsp3) is 0.357. The molecule has 1 saturated carbocycles. The Bertz CT molecular complexity index is 491. The van der Waals surface area contributed by atoms with Gasteiger partial charge in [0, 0.05) is 11.5 Å². The van der Waals surface area contributed by atoms with E-state index < -0.39 is 5.97 Å². The number of aromatic carboxylic acids is 1. The smallest absolute Gasteiger partial charge is 0.337 e. The summed E-state index contributed by atoms with van der Waals surface area (Å²) >= 11 is 0. The van der Waals surface area contributed by atoms with Gasteiger partial charge in [0.15, 0.2) is 0 Å². The van der Waals surface area contributed by atoms with E-state index in [2.05, 4.69) is 11.8 Å². The quantitative estimate of drug-likeness (QED) is 0.574. The van der Waals surface area contributed by atoms with Crippen LogP contribution in [0.15, 0.2) is 18.2 Å². The van der Waals surface area contributed by atoms with Crippen LogP contribution in [0.2, 0.25) is 0 Å². The standard InChI is InChI=1S/C14H15NO2/c15-13-11(6-3-7-12(13)14(16)17)9-8-10-4-1-2-5-10/h3,6-7,10H,1-2,4-5,15H2,(H,16,17). The van der Waals surface area contributed by atoms with Crippen LogP contribution < -0.4 is 5.73 Å². The zero-order chi connectivity index (χ0) is 12.3. The van der Waals surface area contributed by atoms with E-state index in [1.807, 2.05) is 0 Å². The summed E-state index contributed by atoms with van der Waals surface area (Å²) < 4.78 is 0. The van der Waals surface area contributed by atoms with Gasteiger partial charge < -0.3 is 10.8 Å². The normalized spacial score (nSPS) is 15.3. The van der Waals surface area contributed by atoms with Crippen molar-refractivity contribution in [2.24, 2.45) is 5.92 Å². The number of hydrogen-bond acceptors (Lipinski definition) is 2. The molecule has 1 aliphatic carbocycles. The Morgan fingerprint density at radius 3 is 2.71 bits per heavy atom. The summed E-state index contributed by atoms with van der Waals surface area (Å²) in [5, 5.41) is 8.94. The number of rotatable bonds is 1. The molecular weight excluding hydrogens is 214 g/mol. The van der Waals surface area contributed by atoms with E-state index in [0.717, 1.165) is 12.8 Å². The number of anilines is 1. The summed E-state index contributed by atoms with van der Waals surface area (Å²) in [5.74, 6) is 5.63. The largest absolute Gasteiger partial charge is 0.478 e. The van der Waals surface area contributed by atoms with Gasteiger partial charge in [-0.2, -0.15) is 0 Å². The van der Waals surface area contributed by atoms with E-state index in [9.17, 15) is 4.79 Å². The number of carboxylic acid groups (broad SMARTS) is 1. The zero-order valence-corrected chi connectivity index (χ0v) is 9.57. The van der Waals surface area contributed by atoms with Crippen LogP contribution in [-0.4, -0.2) is 11.1 Å². The molecule has 0 spiro atoms. The van der Waals surface area contributed by atoms with E-state index in [0.29, 0.717) is 11.5 Å². The molecule has 0 heterocycles. The molecule has 3 N–H and O–H groups in total. The second-order valence-corrected chi connectivity index (χ2v) is 4.32. The van der Waals surface area contributed by atoms with Gasteiger partial charge in [0.1, 0.15) is 0 Å². The average Bonchev–Trinajstić information content (AvgIpc) is 2.80. The molecule has 0 atom stereocenters. The second kappa shape index (κ2) is 4.92. The lowest BCUT2D eigenvalue weighted by Crippen LogP contribution is -2.04. The average molecular weight is 229 g/mol. The zero-order valence-electron chi connectivity index (χ0n) is 9.57. The molecule has 1 aromatic rings. The van der Waals surface area contributed by atoms with E-state index in [1.54, 1.807) is 12.1 Å². The first-order valence-electron chi connectivity index (χ1n) is 5.82. The molecule has 0 radical (unpaired) electrons. The Kier molecular flexibility index (Phi) is 3.34. The van der Waals surface area contributed by atoms with Crippen molar-refractivity contribution in [3.8, 4) is 11.8 Å². The summed E-state index contributed by atoms with van der Waals surface area (Å²) in [4.78, 5) is 10.9. The van der Waals surface area contributed by atoms with Gasteiger partial charge in [-0.25, -0.2) is 4.79 Å². The van der Waals surface area contributed by atoms with Crippen LogP contribution in [0.4, 0.5) is 5.69 Å². The van der Waals surface area contributed by atoms with Gasteiger partial charge in [0.25, 0.3) is 0 Å². The highest BCUT2D eigenvalue weighted by Gasteiger charge is 2.12. The molecule has 1 aromatic carbocycles. The molecule has 1 aliphatic rings. The van der Waals surface area contributed by atoms with E-state index in [-0.39, 0.29) is 11.3 Å². The minimum absolute atomic E-state index is 0.128. The molecule has 17 heavy (non-hydrogen) atoms. The number of carboxylic acids is 1. The summed E-state index contributed by atoms with van der Waals surface area (Å²) in [5.41, 5.74) is 6.80. The van der Waals surface area contributed by atoms with Crippen molar-refractivity contribution in [2.75, 3.05) is 5.73 Å². The van der Waals surface area contributed by atoms with Crippen LogP contribution in [0, 0.1) is 17.8 Å². The molecule has 0 amide bonds. The molecule has 0 bridgehead atoms. The molecule has 2 rings (SSSR count). The molecule has 0 saturated heterocycles. The van der Waals surface area contributed by atoms with E-state index in [1.165, 1.54) is 18.9 Å². The molecule has 0 unspecified atom stereocenters. The maximum absolute atomic E-state index is 10.9. The van der Waals surface area contributed by atoms with Crippen molar-refractivity contribution >= 4 is 11.7 Å². The monoisotopic (exact) mass is 229 g/mol. The Morgan fingerprint density at radius 1 is 1.35 bits per heavy atom. The van der Waals surface area contributed by atoms with E-state index in [4.69, 9.17) is 10.8 Å². The maximum Gasteiger partial charge on any atom is 0.337 e. The Morgan fingerprint density at radius 2 is 2.06 bits per heavy atom. The fourth-order valence-electron chi connectivity index (χ4n) is 2.11. The van der Waals surface area contributed by atoms with Gasteiger partial charge in [0.2, 0.25) is 0 Å². The second-order valence-electron chi connectivity index (χ2n) is 4.32. The molecular formula is C14H15NO2. The first-order chi connectivity index (χ1) is 8.18. The fourth-order valence-corrected chi connectivity index (χ4v) is 2.11. The van der Waals surface area contributed by atoms with Gasteiger partial charge in [-0.15, -0.1) is 0 Å². The number of carbonyl (C=O) groups is 1. The summed E-state index contributed by atoms with van der Waals surface area (Å²) in [6, 6.07) is 4.95. The third-order valence-electron chi connectivity index (χ3n) is 3.10. The van der Waals surface area contributed by atoms with Crippen LogP contribution in [0.25, 0.3) is 0 Å². The minimum atomic E-state index is -1.01. The van der Waals surface area contributed by atoms with Crippen molar-refractivity contribution in [1.29, 1.82) is 0 Å². The van der Waals surface area contributed by atoms with Crippen LogP contribution >= 0.6 is 0 Å². The van der Waals surface area contributed by atoms with Crippen molar-refractivity contribution < 1.29 is 9.90 Å². The molecule has 88 valence electrons. The van der Waals surface area contributed by atoms with Gasteiger partial charge in [-0.05, 0) is 25.0 Å². The predicted molar refractivity (Wildman–Crippen MR) is 66.6 cm³/mol. The molecule has 0 aliphatic heterocycles. The molecule has 1 fully saturated rings. The van der Waals surface area contributed by atoms with E-state index >= 15 is 0 Å². The van der Waals surface area contributed by atoms with Crippen molar-refractivity contribution in [1.82, 2.24) is 0 Å². The first kappa shape index (κ1) is 11.5. The Balaban J connectivity index is 2.26. The highest BCUT2D eigenvalue weighted by atomic mass is 16.4. The number of nitrogen functional groups attached to an aromatic ring is 1. The third-order valence-corrected chi connectivity index (χ3v) is 3.10. The lowest BCUT2D eigenvalue weighted by atomic mass is 10.1. The Labute approximate surface area is 101 Å². The summed E-state index contributed by atoms with van der Waals surface area (Å²) in [6.07, 6.45) is 4.77. The maximum atomic E-state index is 10.9. The van der Waals surface area contributed by atoms with Crippen LogP contribution in [-0.2, 0) is 0 Å². The van der Waals surface area contributed by atoms with Crippen molar-refractivity contribution in [3.63, 3.8) is 0 Å². The number of nitrogens with two attached hydrogens (primary N) is 1. The van der Waals surface area contributed by atoms with Crippen molar-refractivity contribution in [2.45, 2.75) is 25.7 Å². The highest BCUT2D eigenvalue weighted by Crippen LogP contribution is 2.24. The predicted octanol–water partition coefficient (Wildman–Crippen LogP) is 2.51. The molecule has 3 heteroatoms. The topological polar surface area (TPSA) is 63.3 Å². The molecule has 0 aromatic heterocycles. The Hall–Kier alpha value is -1.95. The lowest BCUT2D eigenvalue weighted by Gasteiger charge is -2.03. The summed E-state index contributed by atoms with van der Waals surface area (Å²) in [6.45, 7) is 0. The SMILES string of the molecule is Nc1c(C#CC2CCCC2)cccc1C(=O)O. The van der Waals surface area contributed by atoms with Gasteiger partial charge in [-0.1, -0.05) is 30.7 Å². The molecule has 3 nitrogen and oxygen atoms in total. The number of para-hydroxylation sites is 1. The summed E-state index contributed by atoms with van der Waals surface area (Å²) in [7, 11) is 0. The van der Waals surface area contributed by atoms with Gasteiger partial charge >= 0.3 is 5.97 Å². The number of benzene rings is 1. The number of hydrogen-bond donors (Lipinski definition) is 2. The minimum Gasteiger partial charge on any atom is -0.478 e.